The molecule has 3 aromatic rings. The van der Waals surface area contributed by atoms with Crippen LogP contribution >= 0.6 is 0 Å². The number of hydrogen-bond donors (Lipinski definition) is 0. The molecule has 0 radical (unpaired) electrons. The van der Waals surface area contributed by atoms with Crippen molar-refractivity contribution in [2.45, 2.75) is 13.8 Å². The van der Waals surface area contributed by atoms with Crippen LogP contribution < -0.4 is 9.64 Å². The van der Waals surface area contributed by atoms with Crippen LogP contribution in [0.25, 0.3) is 11.0 Å². The molecule has 144 valence electrons. The van der Waals surface area contributed by atoms with Crippen molar-refractivity contribution < 1.29 is 9.53 Å². The van der Waals surface area contributed by atoms with E-state index in [4.69, 9.17) is 4.74 Å². The molecular formula is C22H24N4O2. The molecule has 1 fully saturated rings. The molecule has 6 nitrogen and oxygen atoms in total. The lowest BCUT2D eigenvalue weighted by molar-refractivity contribution is 0.0747. The first-order valence-corrected chi connectivity index (χ1v) is 9.48. The average molecular weight is 376 g/mol. The number of amides is 1. The monoisotopic (exact) mass is 376 g/mol. The van der Waals surface area contributed by atoms with Crippen LogP contribution in [0.15, 0.2) is 42.5 Å². The summed E-state index contributed by atoms with van der Waals surface area (Å²) in [6, 6.07) is 13.6. The highest BCUT2D eigenvalue weighted by Crippen LogP contribution is 2.22. The van der Waals surface area contributed by atoms with Crippen molar-refractivity contribution in [3.63, 3.8) is 0 Å². The third-order valence-corrected chi connectivity index (χ3v) is 5.33. The SMILES string of the molecule is COc1ccc(N2CCN(C(=O)c3ccc4nc(C)c(C)nc4c3)CC2)cc1. The van der Waals surface area contributed by atoms with Gasteiger partial charge in [-0.2, -0.15) is 0 Å². The molecule has 4 rings (SSSR count). The van der Waals surface area contributed by atoms with Crippen molar-refractivity contribution in [2.24, 2.45) is 0 Å². The van der Waals surface area contributed by atoms with Gasteiger partial charge in [0.05, 0.1) is 29.5 Å². The zero-order chi connectivity index (χ0) is 19.7. The smallest absolute Gasteiger partial charge is 0.254 e. The topological polar surface area (TPSA) is 58.6 Å². The number of carbonyl (C=O) groups is 1. The number of fused-ring (bicyclic) bond motifs is 1. The molecule has 1 saturated heterocycles. The Morgan fingerprint density at radius 2 is 1.54 bits per heavy atom. The largest absolute Gasteiger partial charge is 0.497 e. The zero-order valence-electron chi connectivity index (χ0n) is 16.5. The summed E-state index contributed by atoms with van der Waals surface area (Å²) in [5.74, 6) is 0.902. The van der Waals surface area contributed by atoms with Crippen LogP contribution in [0.4, 0.5) is 5.69 Å². The van der Waals surface area contributed by atoms with Gasteiger partial charge >= 0.3 is 0 Å². The highest BCUT2D eigenvalue weighted by Gasteiger charge is 2.22. The van der Waals surface area contributed by atoms with Gasteiger partial charge in [0.15, 0.2) is 0 Å². The van der Waals surface area contributed by atoms with Gasteiger partial charge in [0, 0.05) is 37.4 Å². The van der Waals surface area contributed by atoms with E-state index in [-0.39, 0.29) is 5.91 Å². The van der Waals surface area contributed by atoms with E-state index in [1.807, 2.05) is 49.1 Å². The van der Waals surface area contributed by atoms with E-state index >= 15 is 0 Å². The fourth-order valence-corrected chi connectivity index (χ4v) is 3.51. The molecule has 0 aliphatic carbocycles. The lowest BCUT2D eigenvalue weighted by atomic mass is 10.1. The Morgan fingerprint density at radius 3 is 2.18 bits per heavy atom. The number of hydrogen-bond acceptors (Lipinski definition) is 5. The summed E-state index contributed by atoms with van der Waals surface area (Å²) in [6.07, 6.45) is 0. The second-order valence-electron chi connectivity index (χ2n) is 7.08. The molecule has 28 heavy (non-hydrogen) atoms. The minimum Gasteiger partial charge on any atom is -0.497 e. The van der Waals surface area contributed by atoms with Crippen molar-refractivity contribution in [1.82, 2.24) is 14.9 Å². The third-order valence-electron chi connectivity index (χ3n) is 5.33. The lowest BCUT2D eigenvalue weighted by Crippen LogP contribution is -2.48. The van der Waals surface area contributed by atoms with Gasteiger partial charge in [-0.3, -0.25) is 4.79 Å². The van der Waals surface area contributed by atoms with Gasteiger partial charge in [0.2, 0.25) is 0 Å². The predicted octanol–water partition coefficient (Wildman–Crippen LogP) is 3.22. The number of nitrogens with zero attached hydrogens (tertiary/aromatic N) is 4. The van der Waals surface area contributed by atoms with Crippen molar-refractivity contribution in [3.8, 4) is 5.75 Å². The Hall–Kier alpha value is -3.15. The summed E-state index contributed by atoms with van der Waals surface area (Å²) in [5, 5.41) is 0. The van der Waals surface area contributed by atoms with Gasteiger partial charge in [-0.25, -0.2) is 9.97 Å². The maximum Gasteiger partial charge on any atom is 0.254 e. The minimum absolute atomic E-state index is 0.0521. The fraction of sp³-hybridized carbons (Fsp3) is 0.318. The molecule has 0 bridgehead atoms. The third kappa shape index (κ3) is 3.50. The van der Waals surface area contributed by atoms with Gasteiger partial charge in [0.1, 0.15) is 5.75 Å². The summed E-state index contributed by atoms with van der Waals surface area (Å²) >= 11 is 0. The number of carbonyl (C=O) groups excluding carboxylic acids is 1. The van der Waals surface area contributed by atoms with Crippen LogP contribution in [0.1, 0.15) is 21.7 Å². The molecule has 2 heterocycles. The van der Waals surface area contributed by atoms with Crippen LogP contribution in [-0.2, 0) is 0 Å². The number of aromatic nitrogens is 2. The highest BCUT2D eigenvalue weighted by molar-refractivity contribution is 5.97. The molecule has 2 aromatic carbocycles. The van der Waals surface area contributed by atoms with Gasteiger partial charge in [0.25, 0.3) is 5.91 Å². The van der Waals surface area contributed by atoms with Gasteiger partial charge in [-0.1, -0.05) is 0 Å². The van der Waals surface area contributed by atoms with E-state index in [0.717, 1.165) is 46.9 Å². The summed E-state index contributed by atoms with van der Waals surface area (Å²) in [5.41, 5.74) is 5.23. The van der Waals surface area contributed by atoms with Crippen molar-refractivity contribution in [2.75, 3.05) is 38.2 Å². The van der Waals surface area contributed by atoms with E-state index in [1.54, 1.807) is 7.11 Å². The number of rotatable bonds is 3. The summed E-state index contributed by atoms with van der Waals surface area (Å²) in [4.78, 5) is 26.3. The fourth-order valence-electron chi connectivity index (χ4n) is 3.51. The molecule has 0 saturated carbocycles. The Bertz CT molecular complexity index is 1010. The van der Waals surface area contributed by atoms with E-state index in [2.05, 4.69) is 27.0 Å². The second-order valence-corrected chi connectivity index (χ2v) is 7.08. The van der Waals surface area contributed by atoms with Gasteiger partial charge < -0.3 is 14.5 Å². The predicted molar refractivity (Wildman–Crippen MR) is 110 cm³/mol. The minimum atomic E-state index is 0.0521. The Labute approximate surface area is 164 Å². The number of ether oxygens (including phenoxy) is 1. The molecule has 0 spiro atoms. The van der Waals surface area contributed by atoms with Crippen LogP contribution in [-0.4, -0.2) is 54.1 Å². The van der Waals surface area contributed by atoms with Crippen molar-refractivity contribution in [1.29, 1.82) is 0 Å². The Balaban J connectivity index is 1.46. The molecule has 1 amide bonds. The summed E-state index contributed by atoms with van der Waals surface area (Å²) < 4.78 is 5.22. The Morgan fingerprint density at radius 1 is 0.893 bits per heavy atom. The molecule has 1 aromatic heterocycles. The van der Waals surface area contributed by atoms with Crippen LogP contribution in [0.3, 0.4) is 0 Å². The number of benzene rings is 2. The molecule has 0 N–H and O–H groups in total. The molecule has 6 heteroatoms. The maximum absolute atomic E-state index is 13.0. The molecule has 0 unspecified atom stereocenters. The maximum atomic E-state index is 13.0. The summed E-state index contributed by atoms with van der Waals surface area (Å²) in [6.45, 7) is 6.90. The van der Waals surface area contributed by atoms with Crippen LogP contribution in [0.5, 0.6) is 5.75 Å². The average Bonchev–Trinajstić information content (AvgIpc) is 2.74. The normalized spacial score (nSPS) is 14.4. The van der Waals surface area contributed by atoms with Gasteiger partial charge in [-0.15, -0.1) is 0 Å². The zero-order valence-corrected chi connectivity index (χ0v) is 16.5. The Kier molecular flexibility index (Phi) is 4.86. The van der Waals surface area contributed by atoms with Crippen LogP contribution in [0.2, 0.25) is 0 Å². The van der Waals surface area contributed by atoms with E-state index in [9.17, 15) is 4.79 Å². The van der Waals surface area contributed by atoms with E-state index in [0.29, 0.717) is 18.7 Å². The highest BCUT2D eigenvalue weighted by atomic mass is 16.5. The quantitative estimate of drug-likeness (QED) is 0.702. The van der Waals surface area contributed by atoms with E-state index in [1.165, 1.54) is 0 Å². The first kappa shape index (κ1) is 18.2. The standard InChI is InChI=1S/C22H24N4O2/c1-15-16(2)24-21-14-17(4-9-20(21)23-15)22(27)26-12-10-25(11-13-26)18-5-7-19(28-3)8-6-18/h4-9,14H,10-13H2,1-3H3. The first-order valence-electron chi connectivity index (χ1n) is 9.48. The molecule has 1 aliphatic heterocycles. The summed E-state index contributed by atoms with van der Waals surface area (Å²) in [7, 11) is 1.67. The number of methoxy groups -OCH3 is 1. The van der Waals surface area contributed by atoms with Crippen molar-refractivity contribution >= 4 is 22.6 Å². The molecular weight excluding hydrogens is 352 g/mol. The number of piperazine rings is 1. The lowest BCUT2D eigenvalue weighted by Gasteiger charge is -2.36. The van der Waals surface area contributed by atoms with Gasteiger partial charge in [-0.05, 0) is 56.3 Å². The molecule has 1 aliphatic rings. The second kappa shape index (κ2) is 7.46. The number of aryl methyl sites for hydroxylation is 2. The van der Waals surface area contributed by atoms with Crippen molar-refractivity contribution in [3.05, 3.63) is 59.4 Å². The number of anilines is 1. The first-order chi connectivity index (χ1) is 13.5. The molecule has 0 atom stereocenters. The van der Waals surface area contributed by atoms with Crippen LogP contribution in [0, 0.1) is 13.8 Å². The van der Waals surface area contributed by atoms with E-state index < -0.39 is 0 Å².